The van der Waals surface area contributed by atoms with E-state index >= 15 is 0 Å². The highest BCUT2D eigenvalue weighted by atomic mass is 32.2. The number of imide groups is 1. The molecule has 0 spiro atoms. The number of carbonyl (C=O) groups excluding carboxylic acids is 2. The average molecular weight is 317 g/mol. The molecule has 0 fully saturated rings. The van der Waals surface area contributed by atoms with Crippen LogP contribution in [0.5, 0.6) is 0 Å². The number of urea groups is 1. The third-order valence-electron chi connectivity index (χ3n) is 2.50. The lowest BCUT2D eigenvalue weighted by Crippen LogP contribution is -2.41. The summed E-state index contributed by atoms with van der Waals surface area (Å²) in [5.41, 5.74) is 0. The van der Waals surface area contributed by atoms with E-state index in [0.717, 1.165) is 11.6 Å². The fourth-order valence-electron chi connectivity index (χ4n) is 1.11. The van der Waals surface area contributed by atoms with Crippen molar-refractivity contribution in [1.29, 1.82) is 0 Å². The van der Waals surface area contributed by atoms with Crippen LogP contribution in [0.1, 0.15) is 27.2 Å². The van der Waals surface area contributed by atoms with Gasteiger partial charge in [-0.1, -0.05) is 30.0 Å². The predicted molar refractivity (Wildman–Crippen MR) is 81.2 cm³/mol. The summed E-state index contributed by atoms with van der Waals surface area (Å²) >= 11 is 2.67. The molecule has 0 aromatic carbocycles. The number of carbonyl (C=O) groups is 2. The van der Waals surface area contributed by atoms with E-state index in [-0.39, 0.29) is 5.91 Å². The number of anilines is 1. The molecule has 2 atom stereocenters. The molecule has 3 amide bonds. The molecular formula is C11H19N5O2S2. The molecule has 0 radical (unpaired) electrons. The second-order valence-electron chi connectivity index (χ2n) is 4.16. The number of hydrogen-bond donors (Lipinski definition) is 3. The minimum Gasteiger partial charge on any atom is -0.358 e. The molecule has 0 saturated carbocycles. The molecule has 0 aliphatic rings. The normalized spacial score (nSPS) is 13.4. The van der Waals surface area contributed by atoms with Crippen molar-refractivity contribution >= 4 is 40.2 Å². The molecule has 0 aliphatic carbocycles. The molecular weight excluding hydrogens is 298 g/mol. The average Bonchev–Trinajstić information content (AvgIpc) is 2.85. The van der Waals surface area contributed by atoms with E-state index < -0.39 is 11.3 Å². The molecule has 0 bridgehead atoms. The van der Waals surface area contributed by atoms with Crippen molar-refractivity contribution < 1.29 is 9.59 Å². The number of thioether (sulfide) groups is 1. The van der Waals surface area contributed by atoms with Crippen LogP contribution in [0.3, 0.4) is 0 Å². The first kappa shape index (κ1) is 16.7. The Labute approximate surface area is 126 Å². The fraction of sp³-hybridized carbons (Fsp3) is 0.636. The van der Waals surface area contributed by atoms with Crippen molar-refractivity contribution in [3.63, 3.8) is 0 Å². The quantitative estimate of drug-likeness (QED) is 0.691. The van der Waals surface area contributed by atoms with E-state index in [1.54, 1.807) is 6.92 Å². The zero-order chi connectivity index (χ0) is 15.1. The number of nitrogens with zero attached hydrogens (tertiary/aromatic N) is 2. The van der Waals surface area contributed by atoms with Crippen LogP contribution in [0.25, 0.3) is 0 Å². The summed E-state index contributed by atoms with van der Waals surface area (Å²) in [6, 6.07) is -0.186. The first-order valence-electron chi connectivity index (χ1n) is 6.25. The van der Waals surface area contributed by atoms with Gasteiger partial charge in [-0.05, 0) is 20.3 Å². The van der Waals surface area contributed by atoms with Crippen molar-refractivity contribution in [2.24, 2.45) is 0 Å². The van der Waals surface area contributed by atoms with Crippen LogP contribution in [0, 0.1) is 0 Å². The van der Waals surface area contributed by atoms with Crippen LogP contribution >= 0.6 is 23.1 Å². The maximum atomic E-state index is 11.7. The first-order valence-corrected chi connectivity index (χ1v) is 7.95. The van der Waals surface area contributed by atoms with Crippen LogP contribution in [0.15, 0.2) is 4.34 Å². The molecule has 1 heterocycles. The Bertz CT molecular complexity index is 465. The monoisotopic (exact) mass is 317 g/mol. The molecule has 0 saturated heterocycles. The fourth-order valence-corrected chi connectivity index (χ4v) is 3.12. The summed E-state index contributed by atoms with van der Waals surface area (Å²) in [5.74, 6) is -0.360. The number of nitrogens with one attached hydrogen (secondary N) is 3. The third kappa shape index (κ3) is 5.33. The van der Waals surface area contributed by atoms with Gasteiger partial charge in [-0.2, -0.15) is 0 Å². The zero-order valence-corrected chi connectivity index (χ0v) is 13.5. The highest BCUT2D eigenvalue weighted by Crippen LogP contribution is 2.29. The summed E-state index contributed by atoms with van der Waals surface area (Å²) in [4.78, 5) is 22.7. The van der Waals surface area contributed by atoms with Crippen LogP contribution < -0.4 is 16.0 Å². The van der Waals surface area contributed by atoms with Crippen molar-refractivity contribution in [2.45, 2.75) is 42.8 Å². The van der Waals surface area contributed by atoms with Gasteiger partial charge in [0, 0.05) is 13.1 Å². The Morgan fingerprint density at radius 2 is 2.05 bits per heavy atom. The molecule has 1 rings (SSSR count). The largest absolute Gasteiger partial charge is 0.358 e. The number of rotatable bonds is 6. The summed E-state index contributed by atoms with van der Waals surface area (Å²) in [5, 5.41) is 16.1. The van der Waals surface area contributed by atoms with Crippen LogP contribution in [0.4, 0.5) is 9.93 Å². The van der Waals surface area contributed by atoms with Crippen LogP contribution in [-0.2, 0) is 4.79 Å². The van der Waals surface area contributed by atoms with Gasteiger partial charge >= 0.3 is 6.03 Å². The molecule has 20 heavy (non-hydrogen) atoms. The molecule has 9 heteroatoms. The van der Waals surface area contributed by atoms with E-state index in [0.29, 0.717) is 10.4 Å². The molecule has 7 nitrogen and oxygen atoms in total. The topological polar surface area (TPSA) is 96.0 Å². The summed E-state index contributed by atoms with van der Waals surface area (Å²) in [6.07, 6.45) is 0.993. The molecule has 112 valence electrons. The maximum Gasteiger partial charge on any atom is 0.321 e. The van der Waals surface area contributed by atoms with Crippen molar-refractivity contribution in [2.75, 3.05) is 12.4 Å². The first-order chi connectivity index (χ1) is 9.46. The van der Waals surface area contributed by atoms with E-state index in [2.05, 4.69) is 40.0 Å². The molecule has 0 aliphatic heterocycles. The Morgan fingerprint density at radius 1 is 1.35 bits per heavy atom. The van der Waals surface area contributed by atoms with Gasteiger partial charge in [-0.15, -0.1) is 10.2 Å². The number of amides is 3. The van der Waals surface area contributed by atoms with E-state index in [1.807, 2.05) is 0 Å². The van der Waals surface area contributed by atoms with Gasteiger partial charge < -0.3 is 10.6 Å². The Hall–Kier alpha value is -1.35. The summed E-state index contributed by atoms with van der Waals surface area (Å²) in [6.45, 7) is 5.86. The Kier molecular flexibility index (Phi) is 6.73. The number of aromatic nitrogens is 2. The van der Waals surface area contributed by atoms with Gasteiger partial charge in [-0.3, -0.25) is 10.1 Å². The van der Waals surface area contributed by atoms with E-state index in [4.69, 9.17) is 0 Å². The smallest absolute Gasteiger partial charge is 0.321 e. The van der Waals surface area contributed by atoms with Crippen LogP contribution in [-0.4, -0.2) is 40.5 Å². The minimum atomic E-state index is -0.515. The summed E-state index contributed by atoms with van der Waals surface area (Å²) < 4.78 is 0.690. The second-order valence-corrected chi connectivity index (χ2v) is 6.72. The zero-order valence-electron chi connectivity index (χ0n) is 11.9. The molecule has 1 aromatic rings. The van der Waals surface area contributed by atoms with E-state index in [1.165, 1.54) is 30.1 Å². The van der Waals surface area contributed by atoms with Gasteiger partial charge in [-0.25, -0.2) is 4.79 Å². The molecule has 1 aromatic heterocycles. The maximum absolute atomic E-state index is 11.7. The van der Waals surface area contributed by atoms with Gasteiger partial charge in [0.25, 0.3) is 0 Å². The van der Waals surface area contributed by atoms with Crippen LogP contribution in [0.2, 0.25) is 0 Å². The van der Waals surface area contributed by atoms with Crippen molar-refractivity contribution in [3.05, 3.63) is 0 Å². The highest BCUT2D eigenvalue weighted by molar-refractivity contribution is 8.02. The van der Waals surface area contributed by atoms with Gasteiger partial charge in [0.1, 0.15) is 0 Å². The predicted octanol–water partition coefficient (Wildman–Crippen LogP) is 1.68. The third-order valence-corrected chi connectivity index (χ3v) is 4.54. The lowest BCUT2D eigenvalue weighted by atomic mass is 10.3. The minimum absolute atomic E-state index is 0.328. The molecule has 3 N–H and O–H groups in total. The summed E-state index contributed by atoms with van der Waals surface area (Å²) in [7, 11) is 1.46. The highest BCUT2D eigenvalue weighted by Gasteiger charge is 2.19. The van der Waals surface area contributed by atoms with Crippen molar-refractivity contribution in [1.82, 2.24) is 20.8 Å². The van der Waals surface area contributed by atoms with Gasteiger partial charge in [0.2, 0.25) is 11.0 Å². The lowest BCUT2D eigenvalue weighted by Gasteiger charge is -2.09. The SMILES string of the molecule is CC[C@@H](C)Nc1nnc(S[C@@H](C)C(=O)NC(=O)NC)s1. The standard InChI is InChI=1S/C11H19N5O2S2/c1-5-6(2)13-10-15-16-11(20-10)19-7(3)8(17)14-9(18)12-4/h6-7H,5H2,1-4H3,(H,13,15)(H2,12,14,17,18)/t6-,7+/m1/s1. The lowest BCUT2D eigenvalue weighted by molar-refractivity contribution is -0.119. The number of hydrogen-bond acceptors (Lipinski definition) is 7. The van der Waals surface area contributed by atoms with E-state index in [9.17, 15) is 9.59 Å². The van der Waals surface area contributed by atoms with Crippen molar-refractivity contribution in [3.8, 4) is 0 Å². The second kappa shape index (κ2) is 8.05. The Balaban J connectivity index is 2.51. The Morgan fingerprint density at radius 3 is 2.65 bits per heavy atom. The van der Waals surface area contributed by atoms with Gasteiger partial charge in [0.05, 0.1) is 5.25 Å². The van der Waals surface area contributed by atoms with Gasteiger partial charge in [0.15, 0.2) is 4.34 Å². The molecule has 0 unspecified atom stereocenters.